The molecule has 1 fully saturated rings. The maximum Gasteiger partial charge on any atom is 0.239 e. The minimum Gasteiger partial charge on any atom is -0.352 e. The highest BCUT2D eigenvalue weighted by Crippen LogP contribution is 2.36. The van der Waals surface area contributed by atoms with Crippen LogP contribution in [0.1, 0.15) is 12.8 Å². The highest BCUT2D eigenvalue weighted by atomic mass is 79.9. The summed E-state index contributed by atoms with van der Waals surface area (Å²) in [5.41, 5.74) is 2.05. The Labute approximate surface area is 158 Å². The molecule has 1 aromatic carbocycles. The molecule has 1 N–H and O–H groups in total. The summed E-state index contributed by atoms with van der Waals surface area (Å²) in [5, 5.41) is 3.01. The van der Waals surface area contributed by atoms with Crippen molar-refractivity contribution in [3.8, 4) is 10.4 Å². The van der Waals surface area contributed by atoms with Gasteiger partial charge in [-0.25, -0.2) is 9.97 Å². The Morgan fingerprint density at radius 2 is 2.08 bits per heavy atom. The fraction of sp³-hybridized carbons (Fsp3) is 0.278. The monoisotopic (exact) mass is 416 g/mol. The van der Waals surface area contributed by atoms with E-state index in [-0.39, 0.29) is 5.91 Å². The van der Waals surface area contributed by atoms with Gasteiger partial charge in [0.15, 0.2) is 0 Å². The van der Waals surface area contributed by atoms with Crippen LogP contribution in [0, 0.1) is 0 Å². The van der Waals surface area contributed by atoms with Crippen LogP contribution in [-0.2, 0) is 4.79 Å². The number of rotatable bonds is 5. The summed E-state index contributed by atoms with van der Waals surface area (Å²) in [7, 11) is 1.90. The van der Waals surface area contributed by atoms with Crippen molar-refractivity contribution in [3.63, 3.8) is 0 Å². The molecule has 25 heavy (non-hydrogen) atoms. The number of carbonyl (C=O) groups is 1. The molecule has 5 nitrogen and oxygen atoms in total. The van der Waals surface area contributed by atoms with Crippen LogP contribution >= 0.6 is 27.3 Å². The van der Waals surface area contributed by atoms with Gasteiger partial charge in [-0.3, -0.25) is 4.79 Å². The third-order valence-corrected chi connectivity index (χ3v) is 5.80. The number of fused-ring (bicyclic) bond motifs is 1. The Hall–Kier alpha value is -1.99. The number of nitrogens with zero attached hydrogens (tertiary/aromatic N) is 3. The molecule has 0 saturated heterocycles. The standard InChI is InChI=1S/C18H17BrN4OS/c1-23(9-16(24)22-13-6-7-13)18-17-14(20-10-21-18)8-15(25-17)11-2-4-12(19)5-3-11/h2-5,8,10,13H,6-7,9H2,1H3,(H,22,24). The first-order valence-corrected chi connectivity index (χ1v) is 9.72. The van der Waals surface area contributed by atoms with Gasteiger partial charge in [0.1, 0.15) is 12.1 Å². The Kier molecular flexibility index (Phi) is 4.43. The number of nitrogens with one attached hydrogen (secondary N) is 1. The van der Waals surface area contributed by atoms with Crippen molar-refractivity contribution >= 4 is 49.2 Å². The van der Waals surface area contributed by atoms with E-state index in [2.05, 4.69) is 49.4 Å². The van der Waals surface area contributed by atoms with Gasteiger partial charge in [0.25, 0.3) is 0 Å². The maximum atomic E-state index is 12.1. The van der Waals surface area contributed by atoms with Gasteiger partial charge < -0.3 is 10.2 Å². The van der Waals surface area contributed by atoms with E-state index < -0.39 is 0 Å². The molecule has 3 aromatic rings. The summed E-state index contributed by atoms with van der Waals surface area (Å²) in [6.07, 6.45) is 3.74. The number of likely N-dealkylation sites (N-methyl/N-ethyl adjacent to an activating group) is 1. The predicted octanol–water partition coefficient (Wildman–Crippen LogP) is 3.84. The van der Waals surface area contributed by atoms with E-state index in [9.17, 15) is 4.79 Å². The van der Waals surface area contributed by atoms with Gasteiger partial charge in [-0.1, -0.05) is 28.1 Å². The van der Waals surface area contributed by atoms with Crippen LogP contribution in [0.15, 0.2) is 41.1 Å². The number of thiophene rings is 1. The lowest BCUT2D eigenvalue weighted by atomic mass is 10.2. The third-order valence-electron chi connectivity index (χ3n) is 4.11. The summed E-state index contributed by atoms with van der Waals surface area (Å²) in [6.45, 7) is 0.300. The maximum absolute atomic E-state index is 12.1. The third kappa shape index (κ3) is 3.67. The normalized spacial score (nSPS) is 13.8. The molecule has 0 spiro atoms. The van der Waals surface area contributed by atoms with E-state index in [0.29, 0.717) is 12.6 Å². The summed E-state index contributed by atoms with van der Waals surface area (Å²) in [6, 6.07) is 10.7. The first-order chi connectivity index (χ1) is 12.1. The Bertz CT molecular complexity index is 920. The molecule has 4 rings (SSSR count). The van der Waals surface area contributed by atoms with E-state index in [0.717, 1.165) is 43.8 Å². The van der Waals surface area contributed by atoms with E-state index in [1.165, 1.54) is 0 Å². The van der Waals surface area contributed by atoms with Crippen molar-refractivity contribution in [2.75, 3.05) is 18.5 Å². The lowest BCUT2D eigenvalue weighted by molar-refractivity contribution is -0.119. The number of carbonyl (C=O) groups excluding carboxylic acids is 1. The number of amides is 1. The van der Waals surface area contributed by atoms with Crippen LogP contribution in [0.3, 0.4) is 0 Å². The molecule has 2 heterocycles. The fourth-order valence-electron chi connectivity index (χ4n) is 2.66. The first-order valence-electron chi connectivity index (χ1n) is 8.11. The highest BCUT2D eigenvalue weighted by Gasteiger charge is 2.24. The largest absolute Gasteiger partial charge is 0.352 e. The lowest BCUT2D eigenvalue weighted by Gasteiger charge is -2.17. The summed E-state index contributed by atoms with van der Waals surface area (Å²) in [4.78, 5) is 23.9. The van der Waals surface area contributed by atoms with Crippen LogP contribution in [0.25, 0.3) is 20.7 Å². The molecule has 1 aliphatic rings. The molecule has 7 heteroatoms. The zero-order valence-corrected chi connectivity index (χ0v) is 16.1. The molecule has 1 aliphatic carbocycles. The van der Waals surface area contributed by atoms with Crippen molar-refractivity contribution in [2.45, 2.75) is 18.9 Å². The van der Waals surface area contributed by atoms with Crippen LogP contribution in [0.5, 0.6) is 0 Å². The summed E-state index contributed by atoms with van der Waals surface area (Å²) < 4.78 is 2.06. The van der Waals surface area contributed by atoms with Gasteiger partial charge in [-0.05, 0) is 36.6 Å². The quantitative estimate of drug-likeness (QED) is 0.686. The molecule has 0 aliphatic heterocycles. The van der Waals surface area contributed by atoms with Crippen LogP contribution in [0.4, 0.5) is 5.82 Å². The predicted molar refractivity (Wildman–Crippen MR) is 105 cm³/mol. The van der Waals surface area contributed by atoms with Crippen molar-refractivity contribution in [2.24, 2.45) is 0 Å². The van der Waals surface area contributed by atoms with Gasteiger partial charge in [-0.15, -0.1) is 11.3 Å². The van der Waals surface area contributed by atoms with Gasteiger partial charge in [-0.2, -0.15) is 0 Å². The average Bonchev–Trinajstić information content (AvgIpc) is 3.29. The molecule has 1 saturated carbocycles. The molecule has 2 aromatic heterocycles. The summed E-state index contributed by atoms with van der Waals surface area (Å²) in [5.74, 6) is 0.839. The zero-order valence-electron chi connectivity index (χ0n) is 13.7. The smallest absolute Gasteiger partial charge is 0.239 e. The van der Waals surface area contributed by atoms with E-state index in [4.69, 9.17) is 0 Å². The second-order valence-corrected chi connectivity index (χ2v) is 8.19. The number of hydrogen-bond acceptors (Lipinski definition) is 5. The first kappa shape index (κ1) is 16.5. The molecule has 1 amide bonds. The van der Waals surface area contributed by atoms with E-state index >= 15 is 0 Å². The lowest BCUT2D eigenvalue weighted by Crippen LogP contribution is -2.36. The van der Waals surface area contributed by atoms with Crippen molar-refractivity contribution < 1.29 is 4.79 Å². The van der Waals surface area contributed by atoms with Crippen LogP contribution < -0.4 is 10.2 Å². The highest BCUT2D eigenvalue weighted by molar-refractivity contribution is 9.10. The number of hydrogen-bond donors (Lipinski definition) is 1. The molecule has 0 atom stereocenters. The summed E-state index contributed by atoms with van der Waals surface area (Å²) >= 11 is 5.11. The van der Waals surface area contributed by atoms with Gasteiger partial charge >= 0.3 is 0 Å². The second kappa shape index (κ2) is 6.72. The Morgan fingerprint density at radius 3 is 2.80 bits per heavy atom. The van der Waals surface area contributed by atoms with E-state index in [1.54, 1.807) is 17.7 Å². The van der Waals surface area contributed by atoms with E-state index in [1.807, 2.05) is 24.1 Å². The number of anilines is 1. The number of halogens is 1. The topological polar surface area (TPSA) is 58.1 Å². The van der Waals surface area contributed by atoms with Crippen LogP contribution in [-0.4, -0.2) is 35.5 Å². The van der Waals surface area contributed by atoms with Crippen molar-refractivity contribution in [1.82, 2.24) is 15.3 Å². The van der Waals surface area contributed by atoms with Gasteiger partial charge in [0.2, 0.25) is 5.91 Å². The Morgan fingerprint density at radius 1 is 1.32 bits per heavy atom. The van der Waals surface area contributed by atoms with Crippen molar-refractivity contribution in [1.29, 1.82) is 0 Å². The minimum atomic E-state index is 0.0430. The van der Waals surface area contributed by atoms with Gasteiger partial charge in [0.05, 0.1) is 16.8 Å². The average molecular weight is 417 g/mol. The number of aromatic nitrogens is 2. The Balaban J connectivity index is 1.62. The second-order valence-electron chi connectivity index (χ2n) is 6.23. The van der Waals surface area contributed by atoms with Gasteiger partial charge in [0, 0.05) is 22.4 Å². The fourth-order valence-corrected chi connectivity index (χ4v) is 4.09. The van der Waals surface area contributed by atoms with Crippen LogP contribution in [0.2, 0.25) is 0 Å². The number of benzene rings is 1. The molecule has 128 valence electrons. The zero-order chi connectivity index (χ0) is 17.4. The molecule has 0 unspecified atom stereocenters. The molecular weight excluding hydrogens is 400 g/mol. The molecular formula is C18H17BrN4OS. The minimum absolute atomic E-state index is 0.0430. The molecule has 0 bridgehead atoms. The SMILES string of the molecule is CN(CC(=O)NC1CC1)c1ncnc2cc(-c3ccc(Br)cc3)sc12. The van der Waals surface area contributed by atoms with Crippen molar-refractivity contribution in [3.05, 3.63) is 41.1 Å². The molecule has 0 radical (unpaired) electrons.